The second-order valence-electron chi connectivity index (χ2n) is 7.22. The molecule has 2 amide bonds. The number of aromatic nitrogens is 2. The minimum absolute atomic E-state index is 0.0305. The second-order valence-corrected chi connectivity index (χ2v) is 7.22. The third-order valence-corrected chi connectivity index (χ3v) is 4.99. The predicted molar refractivity (Wildman–Crippen MR) is 105 cm³/mol. The van der Waals surface area contributed by atoms with Crippen LogP contribution in [0.4, 0.5) is 5.82 Å². The molecule has 0 unspecified atom stereocenters. The van der Waals surface area contributed by atoms with Gasteiger partial charge in [0.15, 0.2) is 0 Å². The Labute approximate surface area is 160 Å². The SMILES string of the molecule is C=CC(=O)N1CCN(c2cnc3c(n2)C(C(=O)NC(C)C)=CC3)C[C@@H]1CC. The number of fused-ring (bicyclic) bond motifs is 1. The molecule has 2 heterocycles. The normalized spacial score (nSPS) is 19.0. The Morgan fingerprint density at radius 1 is 1.41 bits per heavy atom. The zero-order valence-corrected chi connectivity index (χ0v) is 16.2. The summed E-state index contributed by atoms with van der Waals surface area (Å²) in [7, 11) is 0. The lowest BCUT2D eigenvalue weighted by atomic mass is 10.1. The van der Waals surface area contributed by atoms with E-state index in [-0.39, 0.29) is 23.9 Å². The molecule has 0 saturated carbocycles. The minimum atomic E-state index is -0.108. The molecule has 1 aromatic heterocycles. The van der Waals surface area contributed by atoms with Crippen molar-refractivity contribution < 1.29 is 9.59 Å². The summed E-state index contributed by atoms with van der Waals surface area (Å²) in [5.74, 6) is 0.614. The number of hydrogen-bond acceptors (Lipinski definition) is 5. The van der Waals surface area contributed by atoms with Crippen LogP contribution in [0.3, 0.4) is 0 Å². The number of carbonyl (C=O) groups is 2. The smallest absolute Gasteiger partial charge is 0.253 e. The van der Waals surface area contributed by atoms with Gasteiger partial charge in [-0.1, -0.05) is 19.6 Å². The van der Waals surface area contributed by atoms with Gasteiger partial charge in [0.2, 0.25) is 5.91 Å². The number of nitrogens with zero attached hydrogens (tertiary/aromatic N) is 4. The van der Waals surface area contributed by atoms with Gasteiger partial charge in [-0.05, 0) is 26.3 Å². The molecule has 1 N–H and O–H groups in total. The monoisotopic (exact) mass is 369 g/mol. The van der Waals surface area contributed by atoms with Crippen LogP contribution < -0.4 is 10.2 Å². The van der Waals surface area contributed by atoms with Crippen molar-refractivity contribution >= 4 is 23.2 Å². The molecular formula is C20H27N5O2. The number of nitrogens with one attached hydrogen (secondary N) is 1. The molecule has 3 rings (SSSR count). The van der Waals surface area contributed by atoms with Crippen LogP contribution in [0.25, 0.3) is 5.57 Å². The quantitative estimate of drug-likeness (QED) is 0.797. The molecule has 1 aromatic rings. The van der Waals surface area contributed by atoms with Crippen molar-refractivity contribution in [2.24, 2.45) is 0 Å². The third-order valence-electron chi connectivity index (χ3n) is 4.99. The molecule has 0 spiro atoms. The fourth-order valence-corrected chi connectivity index (χ4v) is 3.58. The first-order valence-electron chi connectivity index (χ1n) is 9.49. The molecule has 0 aromatic carbocycles. The summed E-state index contributed by atoms with van der Waals surface area (Å²) in [4.78, 5) is 37.8. The Morgan fingerprint density at radius 2 is 2.19 bits per heavy atom. The van der Waals surface area contributed by atoms with E-state index in [1.54, 1.807) is 6.20 Å². The topological polar surface area (TPSA) is 78.4 Å². The number of allylic oxidation sites excluding steroid dienone is 1. The maximum atomic E-state index is 12.4. The van der Waals surface area contributed by atoms with Crippen molar-refractivity contribution in [3.8, 4) is 0 Å². The van der Waals surface area contributed by atoms with E-state index in [0.717, 1.165) is 17.9 Å². The van der Waals surface area contributed by atoms with Crippen LogP contribution in [0.5, 0.6) is 0 Å². The van der Waals surface area contributed by atoms with Crippen LogP contribution in [-0.2, 0) is 16.0 Å². The largest absolute Gasteiger partial charge is 0.351 e. The maximum Gasteiger partial charge on any atom is 0.253 e. The fraction of sp³-hybridized carbons (Fsp3) is 0.500. The summed E-state index contributed by atoms with van der Waals surface area (Å²) >= 11 is 0. The zero-order valence-electron chi connectivity index (χ0n) is 16.2. The highest BCUT2D eigenvalue weighted by Gasteiger charge is 2.30. The molecule has 1 aliphatic carbocycles. The molecule has 1 saturated heterocycles. The van der Waals surface area contributed by atoms with Crippen LogP contribution >= 0.6 is 0 Å². The molecule has 1 aliphatic heterocycles. The number of rotatable bonds is 5. The molecule has 2 aliphatic rings. The molecule has 7 nitrogen and oxygen atoms in total. The van der Waals surface area contributed by atoms with Gasteiger partial charge in [0.05, 0.1) is 23.2 Å². The predicted octanol–water partition coefficient (Wildman–Crippen LogP) is 1.55. The van der Waals surface area contributed by atoms with E-state index in [0.29, 0.717) is 37.3 Å². The maximum absolute atomic E-state index is 12.4. The van der Waals surface area contributed by atoms with Crippen molar-refractivity contribution in [2.45, 2.75) is 45.7 Å². The van der Waals surface area contributed by atoms with Gasteiger partial charge in [-0.2, -0.15) is 0 Å². The number of hydrogen-bond donors (Lipinski definition) is 1. The lowest BCUT2D eigenvalue weighted by molar-refractivity contribution is -0.128. The van der Waals surface area contributed by atoms with Crippen LogP contribution in [0.2, 0.25) is 0 Å². The van der Waals surface area contributed by atoms with Gasteiger partial charge < -0.3 is 15.1 Å². The summed E-state index contributed by atoms with van der Waals surface area (Å²) < 4.78 is 0. The van der Waals surface area contributed by atoms with E-state index >= 15 is 0 Å². The fourth-order valence-electron chi connectivity index (χ4n) is 3.58. The summed E-state index contributed by atoms with van der Waals surface area (Å²) in [5, 5.41) is 2.92. The Kier molecular flexibility index (Phi) is 5.58. The van der Waals surface area contributed by atoms with Crippen LogP contribution in [-0.4, -0.2) is 58.4 Å². The summed E-state index contributed by atoms with van der Waals surface area (Å²) in [6.07, 6.45) is 6.52. The minimum Gasteiger partial charge on any atom is -0.351 e. The van der Waals surface area contributed by atoms with Gasteiger partial charge >= 0.3 is 0 Å². The lowest BCUT2D eigenvalue weighted by Gasteiger charge is -2.41. The second kappa shape index (κ2) is 7.90. The average molecular weight is 369 g/mol. The highest BCUT2D eigenvalue weighted by atomic mass is 16.2. The molecule has 1 fully saturated rings. The van der Waals surface area contributed by atoms with Gasteiger partial charge in [-0.3, -0.25) is 14.6 Å². The van der Waals surface area contributed by atoms with Gasteiger partial charge in [-0.25, -0.2) is 4.98 Å². The molecule has 0 bridgehead atoms. The first-order valence-corrected chi connectivity index (χ1v) is 9.49. The van der Waals surface area contributed by atoms with Crippen molar-refractivity contribution in [1.29, 1.82) is 0 Å². The van der Waals surface area contributed by atoms with Crippen LogP contribution in [0.1, 0.15) is 38.6 Å². The number of piperazine rings is 1. The van der Waals surface area contributed by atoms with E-state index < -0.39 is 0 Å². The highest BCUT2D eigenvalue weighted by Crippen LogP contribution is 2.27. The standard InChI is InChI=1S/C20H27N5O2/c1-5-14-12-24(9-10-25(14)18(26)6-2)17-11-21-16-8-7-15(19(16)23-17)20(27)22-13(3)4/h6-7,11,13-14H,2,5,8-10,12H2,1,3-4H3,(H,22,27)/t14-/m0/s1. The van der Waals surface area contributed by atoms with Gasteiger partial charge in [0, 0.05) is 38.1 Å². The number of amides is 2. The number of anilines is 1. The molecule has 27 heavy (non-hydrogen) atoms. The van der Waals surface area contributed by atoms with Crippen molar-refractivity contribution in [3.05, 3.63) is 36.3 Å². The molecule has 7 heteroatoms. The van der Waals surface area contributed by atoms with E-state index in [4.69, 9.17) is 4.98 Å². The Balaban J connectivity index is 1.80. The Hall–Kier alpha value is -2.70. The van der Waals surface area contributed by atoms with Crippen LogP contribution in [0, 0.1) is 0 Å². The first kappa shape index (κ1) is 19.1. The molecule has 1 atom stereocenters. The van der Waals surface area contributed by atoms with Crippen molar-refractivity contribution in [3.63, 3.8) is 0 Å². The molecular weight excluding hydrogens is 342 g/mol. The zero-order chi connectivity index (χ0) is 19.6. The van der Waals surface area contributed by atoms with E-state index in [9.17, 15) is 9.59 Å². The Bertz CT molecular complexity index is 787. The van der Waals surface area contributed by atoms with E-state index in [1.807, 2.05) is 24.8 Å². The molecule has 0 radical (unpaired) electrons. The number of carbonyl (C=O) groups excluding carboxylic acids is 2. The Morgan fingerprint density at radius 3 is 2.85 bits per heavy atom. The average Bonchev–Trinajstić information content (AvgIpc) is 3.09. The van der Waals surface area contributed by atoms with Crippen molar-refractivity contribution in [2.75, 3.05) is 24.5 Å². The van der Waals surface area contributed by atoms with Gasteiger partial charge in [-0.15, -0.1) is 0 Å². The van der Waals surface area contributed by atoms with Gasteiger partial charge in [0.1, 0.15) is 5.82 Å². The molecule has 144 valence electrons. The third kappa shape index (κ3) is 3.86. The van der Waals surface area contributed by atoms with Crippen molar-refractivity contribution in [1.82, 2.24) is 20.2 Å². The lowest BCUT2D eigenvalue weighted by Crippen LogP contribution is -2.55. The van der Waals surface area contributed by atoms with E-state index in [1.165, 1.54) is 6.08 Å². The summed E-state index contributed by atoms with van der Waals surface area (Å²) in [5.41, 5.74) is 2.10. The van der Waals surface area contributed by atoms with E-state index in [2.05, 4.69) is 28.7 Å². The summed E-state index contributed by atoms with van der Waals surface area (Å²) in [6.45, 7) is 11.5. The van der Waals surface area contributed by atoms with Crippen LogP contribution in [0.15, 0.2) is 24.9 Å². The highest BCUT2D eigenvalue weighted by molar-refractivity contribution is 6.20. The van der Waals surface area contributed by atoms with Gasteiger partial charge in [0.25, 0.3) is 5.91 Å². The summed E-state index contributed by atoms with van der Waals surface area (Å²) in [6, 6.07) is 0.179. The first-order chi connectivity index (χ1) is 12.9.